The number of rotatable bonds is 3. The Morgan fingerprint density at radius 2 is 2.07 bits per heavy atom. The Labute approximate surface area is 173 Å². The fourth-order valence-electron chi connectivity index (χ4n) is 4.31. The van der Waals surface area contributed by atoms with Crippen LogP contribution in [0.15, 0.2) is 36.7 Å². The highest BCUT2D eigenvalue weighted by Crippen LogP contribution is 2.36. The molecule has 2 atom stereocenters. The van der Waals surface area contributed by atoms with Crippen LogP contribution in [0.3, 0.4) is 0 Å². The predicted molar refractivity (Wildman–Crippen MR) is 113 cm³/mol. The fraction of sp³-hybridized carbons (Fsp3) is 0.364. The fourth-order valence-corrected chi connectivity index (χ4v) is 4.53. The Hall–Kier alpha value is -2.57. The van der Waals surface area contributed by atoms with Gasteiger partial charge in [-0.15, -0.1) is 0 Å². The standard InChI is InChI=1S/C22H22ClN5O/c1-13-9-15(25-12-24-13)11-19-27-20-21(28(19)16-7-8-29-14(2)10-16)17-5-3-4-6-18(17)26-22(20)23/h3-6,9,12,14,16H,7-8,10-11H2,1-2H3/t14-,16-/m1/s1. The molecule has 1 aliphatic heterocycles. The average molecular weight is 408 g/mol. The van der Waals surface area contributed by atoms with Gasteiger partial charge in [-0.1, -0.05) is 29.8 Å². The number of benzene rings is 1. The van der Waals surface area contributed by atoms with Gasteiger partial charge < -0.3 is 9.30 Å². The van der Waals surface area contributed by atoms with Crippen LogP contribution in [0.2, 0.25) is 5.15 Å². The molecule has 0 bridgehead atoms. The van der Waals surface area contributed by atoms with Gasteiger partial charge in [-0.25, -0.2) is 19.9 Å². The first-order valence-corrected chi connectivity index (χ1v) is 10.3. The maximum absolute atomic E-state index is 6.58. The van der Waals surface area contributed by atoms with Crippen molar-refractivity contribution < 1.29 is 4.74 Å². The second-order valence-electron chi connectivity index (χ2n) is 7.70. The zero-order chi connectivity index (χ0) is 20.0. The maximum atomic E-state index is 6.58. The number of hydrogen-bond acceptors (Lipinski definition) is 5. The number of hydrogen-bond donors (Lipinski definition) is 0. The van der Waals surface area contributed by atoms with Crippen LogP contribution in [-0.4, -0.2) is 37.2 Å². The summed E-state index contributed by atoms with van der Waals surface area (Å²) in [5.74, 6) is 0.956. The van der Waals surface area contributed by atoms with E-state index in [9.17, 15) is 0 Å². The van der Waals surface area contributed by atoms with Crippen molar-refractivity contribution in [2.45, 2.75) is 45.3 Å². The van der Waals surface area contributed by atoms with Crippen molar-refractivity contribution in [3.05, 3.63) is 59.0 Å². The SMILES string of the molecule is Cc1cc(Cc2nc3c(Cl)nc4ccccc4c3n2[C@@H]2CCO[C@H](C)C2)ncn1. The van der Waals surface area contributed by atoms with Crippen LogP contribution in [0.25, 0.3) is 21.9 Å². The number of pyridine rings is 1. The number of para-hydroxylation sites is 1. The number of ether oxygens (including phenoxy) is 1. The van der Waals surface area contributed by atoms with Crippen molar-refractivity contribution in [1.82, 2.24) is 24.5 Å². The minimum atomic E-state index is 0.212. The summed E-state index contributed by atoms with van der Waals surface area (Å²) in [7, 11) is 0. The zero-order valence-corrected chi connectivity index (χ0v) is 17.2. The molecule has 0 aliphatic carbocycles. The summed E-state index contributed by atoms with van der Waals surface area (Å²) < 4.78 is 8.17. The van der Waals surface area contributed by atoms with E-state index in [4.69, 9.17) is 21.3 Å². The summed E-state index contributed by atoms with van der Waals surface area (Å²) in [6, 6.07) is 10.4. The summed E-state index contributed by atoms with van der Waals surface area (Å²) in [6.45, 7) is 4.85. The first-order valence-electron chi connectivity index (χ1n) is 9.94. The van der Waals surface area contributed by atoms with Gasteiger partial charge in [-0.05, 0) is 38.8 Å². The molecule has 0 amide bonds. The molecule has 1 saturated heterocycles. The van der Waals surface area contributed by atoms with Gasteiger partial charge in [0, 0.05) is 30.1 Å². The van der Waals surface area contributed by atoms with E-state index in [0.717, 1.165) is 58.6 Å². The molecular weight excluding hydrogens is 386 g/mol. The summed E-state index contributed by atoms with van der Waals surface area (Å²) in [5, 5.41) is 1.52. The second-order valence-corrected chi connectivity index (χ2v) is 8.06. The number of halogens is 1. The predicted octanol–water partition coefficient (Wildman–Crippen LogP) is 4.67. The second kappa shape index (κ2) is 7.35. The molecule has 29 heavy (non-hydrogen) atoms. The van der Waals surface area contributed by atoms with E-state index >= 15 is 0 Å². The van der Waals surface area contributed by atoms with Gasteiger partial charge in [0.2, 0.25) is 0 Å². The maximum Gasteiger partial charge on any atom is 0.157 e. The van der Waals surface area contributed by atoms with E-state index in [-0.39, 0.29) is 6.10 Å². The third kappa shape index (κ3) is 3.36. The van der Waals surface area contributed by atoms with Crippen molar-refractivity contribution in [2.75, 3.05) is 6.61 Å². The van der Waals surface area contributed by atoms with Crippen molar-refractivity contribution in [3.8, 4) is 0 Å². The Bertz CT molecular complexity index is 1200. The molecule has 0 spiro atoms. The summed E-state index contributed by atoms with van der Waals surface area (Å²) in [4.78, 5) is 18.2. The van der Waals surface area contributed by atoms with E-state index < -0.39 is 0 Å². The van der Waals surface area contributed by atoms with E-state index in [1.165, 1.54) is 0 Å². The van der Waals surface area contributed by atoms with Gasteiger partial charge in [0.15, 0.2) is 5.15 Å². The van der Waals surface area contributed by atoms with Gasteiger partial charge in [0.1, 0.15) is 17.7 Å². The molecule has 0 saturated carbocycles. The lowest BCUT2D eigenvalue weighted by atomic mass is 10.0. The lowest BCUT2D eigenvalue weighted by Crippen LogP contribution is -2.26. The monoisotopic (exact) mass is 407 g/mol. The lowest BCUT2D eigenvalue weighted by Gasteiger charge is -2.30. The average Bonchev–Trinajstić information content (AvgIpc) is 3.08. The molecule has 1 aliphatic rings. The summed E-state index contributed by atoms with van der Waals surface area (Å²) in [6.07, 6.45) is 4.33. The van der Waals surface area contributed by atoms with Crippen LogP contribution in [-0.2, 0) is 11.2 Å². The molecule has 5 rings (SSSR count). The van der Waals surface area contributed by atoms with Crippen molar-refractivity contribution in [2.24, 2.45) is 0 Å². The van der Waals surface area contributed by atoms with Crippen LogP contribution in [0.1, 0.15) is 43.0 Å². The van der Waals surface area contributed by atoms with Crippen LogP contribution in [0.5, 0.6) is 0 Å². The van der Waals surface area contributed by atoms with Crippen LogP contribution in [0, 0.1) is 6.92 Å². The van der Waals surface area contributed by atoms with E-state index in [1.807, 2.05) is 31.2 Å². The highest BCUT2D eigenvalue weighted by molar-refractivity contribution is 6.35. The first-order chi connectivity index (χ1) is 14.1. The Kier molecular flexibility index (Phi) is 4.68. The third-order valence-electron chi connectivity index (χ3n) is 5.58. The molecule has 7 heteroatoms. The van der Waals surface area contributed by atoms with Crippen molar-refractivity contribution >= 4 is 33.5 Å². The van der Waals surface area contributed by atoms with Gasteiger partial charge in [0.05, 0.1) is 22.8 Å². The molecule has 0 N–H and O–H groups in total. The van der Waals surface area contributed by atoms with Gasteiger partial charge in [0.25, 0.3) is 0 Å². The first kappa shape index (κ1) is 18.5. The molecule has 148 valence electrons. The summed E-state index contributed by atoms with van der Waals surface area (Å²) >= 11 is 6.58. The minimum Gasteiger partial charge on any atom is -0.378 e. The van der Waals surface area contributed by atoms with Gasteiger partial charge in [-0.3, -0.25) is 0 Å². The van der Waals surface area contributed by atoms with Crippen LogP contribution in [0.4, 0.5) is 0 Å². The van der Waals surface area contributed by atoms with E-state index in [0.29, 0.717) is 17.6 Å². The Morgan fingerprint density at radius 1 is 1.21 bits per heavy atom. The number of nitrogens with zero attached hydrogens (tertiary/aromatic N) is 5. The van der Waals surface area contributed by atoms with Gasteiger partial charge in [-0.2, -0.15) is 0 Å². The van der Waals surface area contributed by atoms with Crippen LogP contribution < -0.4 is 0 Å². The number of imidazole rings is 1. The topological polar surface area (TPSA) is 65.7 Å². The van der Waals surface area contributed by atoms with Crippen LogP contribution >= 0.6 is 11.6 Å². The molecule has 6 nitrogen and oxygen atoms in total. The number of aryl methyl sites for hydroxylation is 1. The molecular formula is C22H22ClN5O. The Morgan fingerprint density at radius 3 is 2.90 bits per heavy atom. The molecule has 4 aromatic rings. The summed E-state index contributed by atoms with van der Waals surface area (Å²) in [5.41, 5.74) is 4.59. The quantitative estimate of drug-likeness (QED) is 0.462. The molecule has 3 aromatic heterocycles. The highest BCUT2D eigenvalue weighted by atomic mass is 35.5. The zero-order valence-electron chi connectivity index (χ0n) is 16.5. The van der Waals surface area contributed by atoms with Crippen molar-refractivity contribution in [3.63, 3.8) is 0 Å². The normalized spacial score (nSPS) is 19.8. The largest absolute Gasteiger partial charge is 0.378 e. The molecule has 0 unspecified atom stereocenters. The van der Waals surface area contributed by atoms with Crippen molar-refractivity contribution in [1.29, 1.82) is 0 Å². The molecule has 0 radical (unpaired) electrons. The number of fused-ring (bicyclic) bond motifs is 3. The third-order valence-corrected chi connectivity index (χ3v) is 5.84. The minimum absolute atomic E-state index is 0.212. The molecule has 1 aromatic carbocycles. The van der Waals surface area contributed by atoms with Gasteiger partial charge >= 0.3 is 0 Å². The lowest BCUT2D eigenvalue weighted by molar-refractivity contribution is 0.00631. The smallest absolute Gasteiger partial charge is 0.157 e. The number of aromatic nitrogens is 5. The Balaban J connectivity index is 1.76. The highest BCUT2D eigenvalue weighted by Gasteiger charge is 2.27. The molecule has 1 fully saturated rings. The van der Waals surface area contributed by atoms with E-state index in [1.54, 1.807) is 6.33 Å². The van der Waals surface area contributed by atoms with E-state index in [2.05, 4.69) is 32.5 Å². The molecule has 4 heterocycles.